The first kappa shape index (κ1) is 13.9. The smallest absolute Gasteiger partial charge is 0.237 e. The number of rotatable bonds is 5. The van der Waals surface area contributed by atoms with E-state index in [9.17, 15) is 4.79 Å². The summed E-state index contributed by atoms with van der Waals surface area (Å²) in [5.41, 5.74) is 5.18. The Morgan fingerprint density at radius 2 is 2.35 bits per heavy atom. The molecule has 2 unspecified atom stereocenters. The summed E-state index contributed by atoms with van der Waals surface area (Å²) < 4.78 is 1.92. The number of aryl methyl sites for hydroxylation is 1. The Labute approximate surface area is 122 Å². The van der Waals surface area contributed by atoms with Crippen LogP contribution < -0.4 is 11.1 Å². The van der Waals surface area contributed by atoms with Crippen LogP contribution in [-0.2, 0) is 11.8 Å². The Balaban J connectivity index is 1.70. The van der Waals surface area contributed by atoms with Crippen LogP contribution in [0.15, 0.2) is 11.5 Å². The summed E-state index contributed by atoms with van der Waals surface area (Å²) in [5, 5.41) is 12.8. The van der Waals surface area contributed by atoms with Crippen molar-refractivity contribution in [2.45, 2.75) is 60.5 Å². The van der Waals surface area contributed by atoms with Gasteiger partial charge in [0.2, 0.25) is 5.91 Å². The molecule has 0 saturated heterocycles. The fourth-order valence-electron chi connectivity index (χ4n) is 2.90. The Morgan fingerprint density at radius 1 is 1.55 bits per heavy atom. The maximum absolute atomic E-state index is 12.0. The van der Waals surface area contributed by atoms with Gasteiger partial charge in [0, 0.05) is 18.3 Å². The zero-order valence-corrected chi connectivity index (χ0v) is 12.5. The lowest BCUT2D eigenvalue weighted by atomic mass is 9.80. The van der Waals surface area contributed by atoms with Crippen LogP contribution in [0.3, 0.4) is 0 Å². The van der Waals surface area contributed by atoms with Gasteiger partial charge in [-0.2, -0.15) is 0 Å². The van der Waals surface area contributed by atoms with E-state index in [2.05, 4.69) is 15.5 Å². The quantitative estimate of drug-likeness (QED) is 0.840. The summed E-state index contributed by atoms with van der Waals surface area (Å²) >= 11 is 1.71. The Hall–Kier alpha value is -1.08. The molecule has 110 valence electrons. The molecular formula is C13H21N5OS. The third-order valence-corrected chi connectivity index (χ3v) is 5.49. The van der Waals surface area contributed by atoms with Crippen molar-refractivity contribution in [1.29, 1.82) is 0 Å². The molecule has 3 N–H and O–H groups in total. The van der Waals surface area contributed by atoms with E-state index in [0.29, 0.717) is 11.3 Å². The van der Waals surface area contributed by atoms with Crippen LogP contribution in [0.4, 0.5) is 0 Å². The molecule has 2 saturated carbocycles. The van der Waals surface area contributed by atoms with E-state index in [1.807, 2.05) is 11.6 Å². The van der Waals surface area contributed by atoms with Gasteiger partial charge in [-0.25, -0.2) is 0 Å². The topological polar surface area (TPSA) is 85.8 Å². The summed E-state index contributed by atoms with van der Waals surface area (Å²) in [7, 11) is 1.94. The number of nitrogens with zero attached hydrogens (tertiary/aromatic N) is 3. The zero-order chi connectivity index (χ0) is 14.2. The number of carbonyl (C=O) groups is 1. The molecule has 0 spiro atoms. The van der Waals surface area contributed by atoms with Gasteiger partial charge in [0.25, 0.3) is 0 Å². The number of nitrogens with one attached hydrogen (secondary N) is 1. The Morgan fingerprint density at radius 3 is 2.95 bits per heavy atom. The van der Waals surface area contributed by atoms with Gasteiger partial charge in [0.15, 0.2) is 5.16 Å². The number of aromatic nitrogens is 3. The number of carbonyl (C=O) groups excluding carboxylic acids is 1. The molecule has 2 aliphatic rings. The number of amides is 1. The predicted molar refractivity (Wildman–Crippen MR) is 77.2 cm³/mol. The normalized spacial score (nSPS) is 30.4. The van der Waals surface area contributed by atoms with Gasteiger partial charge in [0.05, 0.1) is 5.54 Å². The lowest BCUT2D eigenvalue weighted by Gasteiger charge is -2.39. The average Bonchev–Trinajstić information content (AvgIpc) is 3.13. The van der Waals surface area contributed by atoms with Crippen molar-refractivity contribution in [1.82, 2.24) is 20.1 Å². The van der Waals surface area contributed by atoms with Gasteiger partial charge in [-0.05, 0) is 38.5 Å². The highest BCUT2D eigenvalue weighted by atomic mass is 32.2. The van der Waals surface area contributed by atoms with Gasteiger partial charge in [-0.15, -0.1) is 10.2 Å². The molecule has 0 bridgehead atoms. The summed E-state index contributed by atoms with van der Waals surface area (Å²) in [6.45, 7) is 0. The lowest BCUT2D eigenvalue weighted by molar-refractivity contribution is -0.125. The molecule has 6 nitrogen and oxygen atoms in total. The van der Waals surface area contributed by atoms with Crippen molar-refractivity contribution in [3.05, 3.63) is 6.33 Å². The molecule has 7 heteroatoms. The molecule has 0 aromatic carbocycles. The van der Waals surface area contributed by atoms with Crippen molar-refractivity contribution in [2.75, 3.05) is 0 Å². The number of thioether (sulfide) groups is 1. The monoisotopic (exact) mass is 295 g/mol. The van der Waals surface area contributed by atoms with Crippen LogP contribution in [0, 0.1) is 0 Å². The van der Waals surface area contributed by atoms with E-state index in [0.717, 1.165) is 43.7 Å². The highest BCUT2D eigenvalue weighted by Crippen LogP contribution is 2.39. The van der Waals surface area contributed by atoms with E-state index in [1.54, 1.807) is 18.1 Å². The molecule has 1 aromatic rings. The van der Waals surface area contributed by atoms with Crippen LogP contribution in [0.2, 0.25) is 0 Å². The number of hydrogen-bond acceptors (Lipinski definition) is 5. The van der Waals surface area contributed by atoms with Crippen LogP contribution in [-0.4, -0.2) is 37.5 Å². The lowest BCUT2D eigenvalue weighted by Crippen LogP contribution is -2.59. The highest BCUT2D eigenvalue weighted by molar-refractivity contribution is 7.99. The molecule has 1 heterocycles. The molecule has 1 aromatic heterocycles. The van der Waals surface area contributed by atoms with Crippen LogP contribution in [0.1, 0.15) is 38.5 Å². The first-order chi connectivity index (χ1) is 9.59. The standard InChI is InChI=1S/C13H21N5OS/c1-18-8-15-17-12(18)20-10-3-2-6-13(7-10,11(14)19)16-9-4-5-9/h8-10,16H,2-7H2,1H3,(H2,14,19). The van der Waals surface area contributed by atoms with Gasteiger partial charge in [-0.3, -0.25) is 4.79 Å². The third kappa shape index (κ3) is 2.83. The highest BCUT2D eigenvalue weighted by Gasteiger charge is 2.44. The fraction of sp³-hybridized carbons (Fsp3) is 0.769. The van der Waals surface area contributed by atoms with Crippen molar-refractivity contribution in [2.24, 2.45) is 12.8 Å². The van der Waals surface area contributed by atoms with E-state index in [4.69, 9.17) is 5.73 Å². The van der Waals surface area contributed by atoms with Gasteiger partial charge >= 0.3 is 0 Å². The van der Waals surface area contributed by atoms with Crippen LogP contribution in [0.25, 0.3) is 0 Å². The zero-order valence-electron chi connectivity index (χ0n) is 11.7. The molecule has 3 rings (SSSR count). The second kappa shape index (κ2) is 5.37. The maximum Gasteiger partial charge on any atom is 0.237 e. The van der Waals surface area contributed by atoms with Crippen molar-refractivity contribution < 1.29 is 4.79 Å². The summed E-state index contributed by atoms with van der Waals surface area (Å²) in [5.74, 6) is -0.201. The minimum Gasteiger partial charge on any atom is -0.368 e. The molecular weight excluding hydrogens is 274 g/mol. The van der Waals surface area contributed by atoms with Crippen LogP contribution in [0.5, 0.6) is 0 Å². The largest absolute Gasteiger partial charge is 0.368 e. The van der Waals surface area contributed by atoms with E-state index < -0.39 is 5.54 Å². The molecule has 20 heavy (non-hydrogen) atoms. The first-order valence-electron chi connectivity index (χ1n) is 7.17. The summed E-state index contributed by atoms with van der Waals surface area (Å²) in [4.78, 5) is 12.0. The van der Waals surface area contributed by atoms with Crippen LogP contribution >= 0.6 is 11.8 Å². The second-order valence-electron chi connectivity index (χ2n) is 5.93. The van der Waals surface area contributed by atoms with Gasteiger partial charge < -0.3 is 15.6 Å². The Kier molecular flexibility index (Phi) is 3.72. The minimum absolute atomic E-state index is 0.201. The fourth-order valence-corrected chi connectivity index (χ4v) is 4.16. The van der Waals surface area contributed by atoms with E-state index >= 15 is 0 Å². The van der Waals surface area contributed by atoms with Crippen molar-refractivity contribution >= 4 is 17.7 Å². The SMILES string of the molecule is Cn1cnnc1SC1CCCC(NC2CC2)(C(N)=O)C1. The molecule has 2 fully saturated rings. The molecule has 2 atom stereocenters. The number of primary amides is 1. The average molecular weight is 295 g/mol. The number of nitrogens with two attached hydrogens (primary N) is 1. The molecule has 1 amide bonds. The maximum atomic E-state index is 12.0. The Bertz CT molecular complexity index is 501. The number of hydrogen-bond donors (Lipinski definition) is 2. The van der Waals surface area contributed by atoms with Gasteiger partial charge in [-0.1, -0.05) is 11.8 Å². The minimum atomic E-state index is -0.518. The van der Waals surface area contributed by atoms with Gasteiger partial charge in [0.1, 0.15) is 6.33 Å². The second-order valence-corrected chi connectivity index (χ2v) is 7.19. The summed E-state index contributed by atoms with van der Waals surface area (Å²) in [6, 6.07) is 0.487. The molecule has 2 aliphatic carbocycles. The molecule has 0 radical (unpaired) electrons. The molecule has 0 aliphatic heterocycles. The first-order valence-corrected chi connectivity index (χ1v) is 8.05. The summed E-state index contributed by atoms with van der Waals surface area (Å²) in [6.07, 6.45) is 7.79. The van der Waals surface area contributed by atoms with Crippen molar-refractivity contribution in [3.8, 4) is 0 Å². The predicted octanol–water partition coefficient (Wildman–Crippen LogP) is 0.826. The van der Waals surface area contributed by atoms with Crippen molar-refractivity contribution in [3.63, 3.8) is 0 Å². The van der Waals surface area contributed by atoms with E-state index in [1.165, 1.54) is 0 Å². The third-order valence-electron chi connectivity index (χ3n) is 4.18. The van der Waals surface area contributed by atoms with E-state index in [-0.39, 0.29) is 5.91 Å².